The van der Waals surface area contributed by atoms with Gasteiger partial charge in [0.25, 0.3) is 5.91 Å². The van der Waals surface area contributed by atoms with Crippen molar-refractivity contribution in [3.8, 4) is 0 Å². The van der Waals surface area contributed by atoms with Gasteiger partial charge < -0.3 is 10.1 Å². The monoisotopic (exact) mass is 427 g/mol. The number of primary sulfonamides is 1. The highest BCUT2D eigenvalue weighted by atomic mass is 32.2. The normalized spacial score (nSPS) is 12.4. The van der Waals surface area contributed by atoms with Crippen molar-refractivity contribution in [2.24, 2.45) is 5.14 Å². The van der Waals surface area contributed by atoms with Gasteiger partial charge in [-0.25, -0.2) is 18.4 Å². The van der Waals surface area contributed by atoms with E-state index in [1.165, 1.54) is 24.3 Å². The van der Waals surface area contributed by atoms with E-state index in [1.54, 1.807) is 38.1 Å². The van der Waals surface area contributed by atoms with Crippen molar-refractivity contribution in [1.82, 2.24) is 4.98 Å². The summed E-state index contributed by atoms with van der Waals surface area (Å²) in [5, 5.41) is 8.31. The summed E-state index contributed by atoms with van der Waals surface area (Å²) in [7, 11) is -3.82. The summed E-state index contributed by atoms with van der Waals surface area (Å²) in [6, 6.07) is 14.2. The van der Waals surface area contributed by atoms with Crippen LogP contribution in [0.4, 0.5) is 5.69 Å². The van der Waals surface area contributed by atoms with Gasteiger partial charge in [-0.3, -0.25) is 9.78 Å². The lowest BCUT2D eigenvalue weighted by Gasteiger charge is -2.17. The number of ether oxygens (including phenoxy) is 1. The second kappa shape index (κ2) is 8.60. The van der Waals surface area contributed by atoms with E-state index >= 15 is 0 Å². The Morgan fingerprint density at radius 2 is 1.80 bits per heavy atom. The highest BCUT2D eigenvalue weighted by Crippen LogP contribution is 2.20. The van der Waals surface area contributed by atoms with Crippen LogP contribution in [0, 0.1) is 6.92 Å². The molecule has 3 N–H and O–H groups in total. The Morgan fingerprint density at radius 3 is 2.43 bits per heavy atom. The molecule has 0 saturated heterocycles. The Bertz CT molecular complexity index is 1210. The third-order valence-electron chi connectivity index (χ3n) is 4.43. The minimum atomic E-state index is -3.82. The highest BCUT2D eigenvalue weighted by Gasteiger charge is 2.23. The van der Waals surface area contributed by atoms with Crippen LogP contribution in [-0.2, 0) is 19.6 Å². The number of esters is 1. The lowest BCUT2D eigenvalue weighted by atomic mass is 10.1. The summed E-state index contributed by atoms with van der Waals surface area (Å²) in [4.78, 5) is 29.7. The van der Waals surface area contributed by atoms with Crippen LogP contribution in [-0.4, -0.2) is 31.4 Å². The molecule has 1 unspecified atom stereocenters. The second-order valence-electron chi connectivity index (χ2n) is 6.69. The maximum atomic E-state index is 12.8. The summed E-state index contributed by atoms with van der Waals surface area (Å²) in [5.74, 6) is -1.15. The number of hydrogen-bond donors (Lipinski definition) is 2. The van der Waals surface area contributed by atoms with Crippen molar-refractivity contribution in [2.45, 2.75) is 31.3 Å². The number of nitrogens with one attached hydrogen (secondary N) is 1. The minimum Gasteiger partial charge on any atom is -0.449 e. The van der Waals surface area contributed by atoms with Crippen LogP contribution >= 0.6 is 0 Å². The van der Waals surface area contributed by atoms with Crippen molar-refractivity contribution in [1.29, 1.82) is 0 Å². The first-order valence-corrected chi connectivity index (χ1v) is 10.7. The molecule has 2 aromatic carbocycles. The summed E-state index contributed by atoms with van der Waals surface area (Å²) < 4.78 is 28.1. The minimum absolute atomic E-state index is 0.0705. The fourth-order valence-electron chi connectivity index (χ4n) is 2.94. The number of nitrogens with two attached hydrogens (primary N) is 1. The maximum Gasteiger partial charge on any atom is 0.339 e. The molecule has 0 aliphatic heterocycles. The van der Waals surface area contributed by atoms with E-state index in [-0.39, 0.29) is 11.3 Å². The number of anilines is 1. The first-order valence-electron chi connectivity index (χ1n) is 9.20. The number of benzene rings is 2. The van der Waals surface area contributed by atoms with Crippen molar-refractivity contribution in [3.63, 3.8) is 0 Å². The predicted molar refractivity (Wildman–Crippen MR) is 112 cm³/mol. The number of fused-ring (bicyclic) bond motifs is 1. The molecule has 30 heavy (non-hydrogen) atoms. The van der Waals surface area contributed by atoms with Gasteiger partial charge in [0.1, 0.15) is 0 Å². The van der Waals surface area contributed by atoms with Gasteiger partial charge in [0.2, 0.25) is 10.0 Å². The molecule has 0 saturated carbocycles. The number of aryl methyl sites for hydroxylation is 1. The zero-order chi connectivity index (χ0) is 21.9. The SMILES string of the molecule is CCC(OC(=O)c1cc(C)nc2ccccc12)C(=O)Nc1ccc(S(N)(=O)=O)cc1. The van der Waals surface area contributed by atoms with E-state index in [2.05, 4.69) is 10.3 Å². The molecule has 1 heterocycles. The zero-order valence-electron chi connectivity index (χ0n) is 16.5. The lowest BCUT2D eigenvalue weighted by Crippen LogP contribution is -2.32. The molecule has 0 fully saturated rings. The quantitative estimate of drug-likeness (QED) is 0.582. The molecular weight excluding hydrogens is 406 g/mol. The van der Waals surface area contributed by atoms with Crippen molar-refractivity contribution in [3.05, 3.63) is 65.9 Å². The van der Waals surface area contributed by atoms with Crippen LogP contribution in [0.5, 0.6) is 0 Å². The molecule has 0 bridgehead atoms. The van der Waals surface area contributed by atoms with E-state index in [9.17, 15) is 18.0 Å². The van der Waals surface area contributed by atoms with Crippen LogP contribution in [0.25, 0.3) is 10.9 Å². The number of aromatic nitrogens is 1. The van der Waals surface area contributed by atoms with E-state index in [1.807, 2.05) is 6.07 Å². The van der Waals surface area contributed by atoms with Gasteiger partial charge in [-0.05, 0) is 49.7 Å². The smallest absolute Gasteiger partial charge is 0.339 e. The van der Waals surface area contributed by atoms with Gasteiger partial charge in [-0.1, -0.05) is 25.1 Å². The van der Waals surface area contributed by atoms with Crippen molar-refractivity contribution in [2.75, 3.05) is 5.32 Å². The predicted octanol–water partition coefficient (Wildman–Crippen LogP) is 2.76. The number of rotatable bonds is 6. The van der Waals surface area contributed by atoms with Gasteiger partial charge in [0.15, 0.2) is 6.10 Å². The van der Waals surface area contributed by atoms with Gasteiger partial charge in [-0.2, -0.15) is 0 Å². The third kappa shape index (κ3) is 4.81. The van der Waals surface area contributed by atoms with E-state index in [0.717, 1.165) is 0 Å². The second-order valence-corrected chi connectivity index (χ2v) is 8.25. The summed E-state index contributed by atoms with van der Waals surface area (Å²) in [6.07, 6.45) is -0.767. The fraction of sp³-hybridized carbons (Fsp3) is 0.190. The average Bonchev–Trinajstić information content (AvgIpc) is 2.70. The van der Waals surface area contributed by atoms with Gasteiger partial charge in [0.05, 0.1) is 16.0 Å². The van der Waals surface area contributed by atoms with E-state index < -0.39 is 28.0 Å². The third-order valence-corrected chi connectivity index (χ3v) is 5.36. The first-order chi connectivity index (χ1) is 14.2. The summed E-state index contributed by atoms with van der Waals surface area (Å²) >= 11 is 0. The number of hydrogen-bond acceptors (Lipinski definition) is 6. The Kier molecular flexibility index (Phi) is 6.14. The van der Waals surface area contributed by atoms with E-state index in [4.69, 9.17) is 9.88 Å². The number of amides is 1. The molecule has 3 rings (SSSR count). The van der Waals surface area contributed by atoms with Gasteiger partial charge in [0, 0.05) is 16.8 Å². The molecule has 1 atom stereocenters. The van der Waals surface area contributed by atoms with Crippen LogP contribution in [0.2, 0.25) is 0 Å². The number of pyridine rings is 1. The topological polar surface area (TPSA) is 128 Å². The Morgan fingerprint density at radius 1 is 1.13 bits per heavy atom. The zero-order valence-corrected chi connectivity index (χ0v) is 17.3. The van der Waals surface area contributed by atoms with E-state index in [0.29, 0.717) is 27.8 Å². The summed E-state index contributed by atoms with van der Waals surface area (Å²) in [6.45, 7) is 3.50. The fourth-order valence-corrected chi connectivity index (χ4v) is 3.46. The number of carbonyl (C=O) groups is 2. The summed E-state index contributed by atoms with van der Waals surface area (Å²) in [5.41, 5.74) is 2.01. The molecule has 156 valence electrons. The van der Waals surface area contributed by atoms with Gasteiger partial charge >= 0.3 is 5.97 Å². The molecule has 0 radical (unpaired) electrons. The van der Waals surface area contributed by atoms with Crippen LogP contribution in [0.15, 0.2) is 59.5 Å². The number of para-hydroxylation sites is 1. The van der Waals surface area contributed by atoms with Crippen LogP contribution < -0.4 is 10.5 Å². The Balaban J connectivity index is 1.77. The molecule has 0 aliphatic rings. The number of carbonyl (C=O) groups excluding carboxylic acids is 2. The highest BCUT2D eigenvalue weighted by molar-refractivity contribution is 7.89. The van der Waals surface area contributed by atoms with Crippen molar-refractivity contribution >= 4 is 38.5 Å². The first kappa shape index (κ1) is 21.4. The number of sulfonamides is 1. The average molecular weight is 427 g/mol. The van der Waals surface area contributed by atoms with Crippen LogP contribution in [0.1, 0.15) is 29.4 Å². The molecule has 1 amide bonds. The maximum absolute atomic E-state index is 12.8. The van der Waals surface area contributed by atoms with Crippen molar-refractivity contribution < 1.29 is 22.7 Å². The Hall–Kier alpha value is -3.30. The Labute approximate surface area is 174 Å². The molecular formula is C21H21N3O5S. The molecule has 9 heteroatoms. The molecule has 0 spiro atoms. The van der Waals surface area contributed by atoms with Crippen LogP contribution in [0.3, 0.4) is 0 Å². The lowest BCUT2D eigenvalue weighted by molar-refractivity contribution is -0.124. The number of nitrogens with zero attached hydrogens (tertiary/aromatic N) is 1. The van der Waals surface area contributed by atoms with Gasteiger partial charge in [-0.15, -0.1) is 0 Å². The largest absolute Gasteiger partial charge is 0.449 e. The molecule has 1 aromatic heterocycles. The molecule has 3 aromatic rings. The molecule has 8 nitrogen and oxygen atoms in total. The standard InChI is InChI=1S/C21H21N3O5S/c1-3-19(20(25)24-14-8-10-15(11-9-14)30(22,27)28)29-21(26)17-12-13(2)23-18-7-5-4-6-16(17)18/h4-12,19H,3H2,1-2H3,(H,24,25)(H2,22,27,28). The molecule has 0 aliphatic carbocycles.